The third-order valence-corrected chi connectivity index (χ3v) is 5.10. The van der Waals surface area contributed by atoms with E-state index >= 15 is 0 Å². The van der Waals surface area contributed by atoms with E-state index in [0.717, 1.165) is 34.4 Å². The normalized spacial score (nSPS) is 22.6. The van der Waals surface area contributed by atoms with Gasteiger partial charge in [-0.2, -0.15) is 0 Å². The molecule has 1 aromatic heterocycles. The first-order valence-corrected chi connectivity index (χ1v) is 8.46. The monoisotopic (exact) mass is 304 g/mol. The first-order chi connectivity index (χ1) is 10.2. The second-order valence-electron chi connectivity index (χ2n) is 6.15. The Hall–Kier alpha value is -1.29. The van der Waals surface area contributed by atoms with Gasteiger partial charge in [0.2, 0.25) is 0 Å². The van der Waals surface area contributed by atoms with Crippen LogP contribution in [0.1, 0.15) is 39.5 Å². The fourth-order valence-electron chi connectivity index (χ4n) is 3.51. The zero-order valence-electron chi connectivity index (χ0n) is 12.9. The van der Waals surface area contributed by atoms with Crippen LogP contribution in [0.15, 0.2) is 18.2 Å². The molecule has 114 valence electrons. The molecule has 21 heavy (non-hydrogen) atoms. The molecule has 0 spiro atoms. The predicted molar refractivity (Wildman–Crippen MR) is 89.4 cm³/mol. The Balaban J connectivity index is 1.96. The molecular formula is C17H24N2OS. The molecule has 0 aliphatic heterocycles. The number of para-hydroxylation sites is 1. The second-order valence-corrected chi connectivity index (χ2v) is 6.53. The van der Waals surface area contributed by atoms with Crippen molar-refractivity contribution in [3.63, 3.8) is 0 Å². The minimum atomic E-state index is 0.671. The Morgan fingerprint density at radius 3 is 2.90 bits per heavy atom. The van der Waals surface area contributed by atoms with E-state index in [2.05, 4.69) is 28.6 Å². The molecule has 0 bridgehead atoms. The van der Waals surface area contributed by atoms with Crippen LogP contribution in [0.4, 0.5) is 0 Å². The van der Waals surface area contributed by atoms with Gasteiger partial charge in [-0.3, -0.25) is 0 Å². The summed E-state index contributed by atoms with van der Waals surface area (Å²) in [5.41, 5.74) is 2.21. The highest BCUT2D eigenvalue weighted by Gasteiger charge is 2.22. The Labute approximate surface area is 131 Å². The van der Waals surface area contributed by atoms with Gasteiger partial charge in [-0.25, -0.2) is 0 Å². The number of benzene rings is 1. The van der Waals surface area contributed by atoms with Crippen molar-refractivity contribution in [2.24, 2.45) is 11.8 Å². The van der Waals surface area contributed by atoms with Gasteiger partial charge in [-0.1, -0.05) is 32.3 Å². The Morgan fingerprint density at radius 2 is 2.14 bits per heavy atom. The average Bonchev–Trinajstić information content (AvgIpc) is 2.79. The van der Waals surface area contributed by atoms with E-state index < -0.39 is 0 Å². The number of rotatable bonds is 4. The van der Waals surface area contributed by atoms with Gasteiger partial charge >= 0.3 is 0 Å². The third-order valence-electron chi connectivity index (χ3n) is 4.78. The van der Waals surface area contributed by atoms with Gasteiger partial charge in [0.15, 0.2) is 4.77 Å². The summed E-state index contributed by atoms with van der Waals surface area (Å²) in [6.07, 6.45) is 5.41. The fourth-order valence-corrected chi connectivity index (χ4v) is 3.78. The summed E-state index contributed by atoms with van der Waals surface area (Å²) in [5, 5.41) is 0. The molecule has 3 nitrogen and oxygen atoms in total. The summed E-state index contributed by atoms with van der Waals surface area (Å²) in [6.45, 7) is 6.09. The van der Waals surface area contributed by atoms with Crippen molar-refractivity contribution in [2.45, 2.75) is 46.1 Å². The number of hydrogen-bond acceptors (Lipinski definition) is 2. The lowest BCUT2D eigenvalue weighted by atomic mass is 9.80. The van der Waals surface area contributed by atoms with Crippen LogP contribution in [0.25, 0.3) is 11.0 Å². The maximum atomic E-state index is 5.71. The number of nitrogens with zero attached hydrogens (tertiary/aromatic N) is 1. The van der Waals surface area contributed by atoms with Gasteiger partial charge in [0.1, 0.15) is 11.3 Å². The summed E-state index contributed by atoms with van der Waals surface area (Å²) < 4.78 is 8.79. The summed E-state index contributed by atoms with van der Waals surface area (Å²) in [7, 11) is 0. The molecule has 0 saturated heterocycles. The van der Waals surface area contributed by atoms with Crippen LogP contribution >= 0.6 is 12.2 Å². The van der Waals surface area contributed by atoms with Crippen molar-refractivity contribution in [3.05, 3.63) is 23.0 Å². The Morgan fingerprint density at radius 1 is 1.33 bits per heavy atom. The number of aromatic amines is 1. The van der Waals surface area contributed by atoms with Crippen molar-refractivity contribution in [3.8, 4) is 5.75 Å². The van der Waals surface area contributed by atoms with Crippen LogP contribution in [-0.4, -0.2) is 16.2 Å². The first kappa shape index (κ1) is 14.6. The van der Waals surface area contributed by atoms with Crippen molar-refractivity contribution >= 4 is 23.3 Å². The largest absolute Gasteiger partial charge is 0.492 e. The standard InChI is InChI=1S/C17H24N2OS/c1-3-20-15-10-6-9-14-16(15)18-17(21)19(14)11-13-8-5-4-7-12(13)2/h6,9-10,12-13H,3-5,7-8,11H2,1-2H3,(H,18,21). The summed E-state index contributed by atoms with van der Waals surface area (Å²) in [5.74, 6) is 2.43. The highest BCUT2D eigenvalue weighted by Crippen LogP contribution is 2.32. The maximum absolute atomic E-state index is 5.71. The number of H-pyrrole nitrogens is 1. The SMILES string of the molecule is CCOc1cccc2c1[nH]c(=S)n2CC1CCCCC1C. The van der Waals surface area contributed by atoms with Crippen LogP contribution < -0.4 is 4.74 Å². The molecule has 4 heteroatoms. The summed E-state index contributed by atoms with van der Waals surface area (Å²) in [6, 6.07) is 6.19. The van der Waals surface area contributed by atoms with Crippen LogP contribution in [0.2, 0.25) is 0 Å². The molecule has 2 atom stereocenters. The Kier molecular flexibility index (Phi) is 4.34. The van der Waals surface area contributed by atoms with Gasteiger partial charge in [-0.15, -0.1) is 0 Å². The lowest BCUT2D eigenvalue weighted by molar-refractivity contribution is 0.230. The lowest BCUT2D eigenvalue weighted by Gasteiger charge is -2.29. The number of aromatic nitrogens is 2. The van der Waals surface area contributed by atoms with E-state index in [4.69, 9.17) is 17.0 Å². The van der Waals surface area contributed by atoms with Crippen LogP contribution in [0, 0.1) is 16.6 Å². The molecule has 2 aromatic rings. The van der Waals surface area contributed by atoms with Gasteiger partial charge in [0, 0.05) is 6.54 Å². The van der Waals surface area contributed by atoms with Gasteiger partial charge < -0.3 is 14.3 Å². The summed E-state index contributed by atoms with van der Waals surface area (Å²) in [4.78, 5) is 3.34. The topological polar surface area (TPSA) is 29.9 Å². The van der Waals surface area contributed by atoms with E-state index in [1.807, 2.05) is 13.0 Å². The van der Waals surface area contributed by atoms with Crippen LogP contribution in [0.3, 0.4) is 0 Å². The second kappa shape index (κ2) is 6.22. The van der Waals surface area contributed by atoms with E-state index in [-0.39, 0.29) is 0 Å². The smallest absolute Gasteiger partial charge is 0.178 e. The fraction of sp³-hybridized carbons (Fsp3) is 0.588. The zero-order valence-corrected chi connectivity index (χ0v) is 13.7. The molecule has 1 saturated carbocycles. The molecule has 0 radical (unpaired) electrons. The van der Waals surface area contributed by atoms with E-state index in [9.17, 15) is 0 Å². The molecule has 1 aliphatic carbocycles. The molecule has 1 aliphatic rings. The quantitative estimate of drug-likeness (QED) is 0.812. The average molecular weight is 304 g/mol. The molecular weight excluding hydrogens is 280 g/mol. The Bertz CT molecular complexity index is 673. The van der Waals surface area contributed by atoms with Gasteiger partial charge in [0.05, 0.1) is 12.1 Å². The van der Waals surface area contributed by atoms with E-state index in [0.29, 0.717) is 6.61 Å². The zero-order chi connectivity index (χ0) is 14.8. The number of nitrogens with one attached hydrogen (secondary N) is 1. The van der Waals surface area contributed by atoms with Crippen LogP contribution in [-0.2, 0) is 6.54 Å². The number of imidazole rings is 1. The van der Waals surface area contributed by atoms with Crippen molar-refractivity contribution in [1.29, 1.82) is 0 Å². The maximum Gasteiger partial charge on any atom is 0.178 e. The number of fused-ring (bicyclic) bond motifs is 1. The van der Waals surface area contributed by atoms with Gasteiger partial charge in [0.25, 0.3) is 0 Å². The number of ether oxygens (including phenoxy) is 1. The minimum Gasteiger partial charge on any atom is -0.492 e. The summed E-state index contributed by atoms with van der Waals surface area (Å²) >= 11 is 5.56. The molecule has 1 fully saturated rings. The molecule has 1 heterocycles. The van der Waals surface area contributed by atoms with Gasteiger partial charge in [-0.05, 0) is 49.5 Å². The van der Waals surface area contributed by atoms with E-state index in [1.165, 1.54) is 31.2 Å². The highest BCUT2D eigenvalue weighted by molar-refractivity contribution is 7.71. The molecule has 2 unspecified atom stereocenters. The minimum absolute atomic E-state index is 0.671. The van der Waals surface area contributed by atoms with Crippen LogP contribution in [0.5, 0.6) is 5.75 Å². The number of hydrogen-bond donors (Lipinski definition) is 1. The van der Waals surface area contributed by atoms with Crippen molar-refractivity contribution in [2.75, 3.05) is 6.61 Å². The third kappa shape index (κ3) is 2.86. The van der Waals surface area contributed by atoms with Crippen molar-refractivity contribution < 1.29 is 4.74 Å². The molecule has 0 amide bonds. The molecule has 3 rings (SSSR count). The highest BCUT2D eigenvalue weighted by atomic mass is 32.1. The first-order valence-electron chi connectivity index (χ1n) is 8.05. The predicted octanol–water partition coefficient (Wildman–Crippen LogP) is 4.92. The molecule has 1 aromatic carbocycles. The van der Waals surface area contributed by atoms with Crippen molar-refractivity contribution in [1.82, 2.24) is 9.55 Å². The molecule has 1 N–H and O–H groups in total. The lowest BCUT2D eigenvalue weighted by Crippen LogP contribution is -2.22. The van der Waals surface area contributed by atoms with E-state index in [1.54, 1.807) is 0 Å².